The number of aromatic nitrogens is 1. The third-order valence-corrected chi connectivity index (χ3v) is 3.16. The molecule has 1 heterocycles. The SMILES string of the molecule is C=CCN(CCc1c[nH]c2ccccc12)CC(F)(F)F. The van der Waals surface area contributed by atoms with Crippen LogP contribution in [-0.4, -0.2) is 35.7 Å². The molecule has 2 rings (SSSR count). The largest absolute Gasteiger partial charge is 0.401 e. The van der Waals surface area contributed by atoms with Crippen molar-refractivity contribution < 1.29 is 13.2 Å². The van der Waals surface area contributed by atoms with E-state index in [-0.39, 0.29) is 6.54 Å². The van der Waals surface area contributed by atoms with Crippen molar-refractivity contribution in [2.24, 2.45) is 0 Å². The topological polar surface area (TPSA) is 19.0 Å². The summed E-state index contributed by atoms with van der Waals surface area (Å²) in [5, 5.41) is 1.07. The molecule has 1 aromatic carbocycles. The Kier molecular flexibility index (Phi) is 4.49. The fourth-order valence-electron chi connectivity index (χ4n) is 2.29. The van der Waals surface area contributed by atoms with Crippen LogP contribution in [0.3, 0.4) is 0 Å². The Hall–Kier alpha value is -1.75. The van der Waals surface area contributed by atoms with E-state index in [1.165, 1.54) is 11.0 Å². The van der Waals surface area contributed by atoms with Crippen molar-refractivity contribution in [1.82, 2.24) is 9.88 Å². The minimum atomic E-state index is -4.18. The molecular weight excluding hydrogens is 265 g/mol. The number of hydrogen-bond acceptors (Lipinski definition) is 1. The zero-order chi connectivity index (χ0) is 14.6. The number of para-hydroxylation sites is 1. The monoisotopic (exact) mass is 282 g/mol. The van der Waals surface area contributed by atoms with E-state index in [1.807, 2.05) is 30.5 Å². The highest BCUT2D eigenvalue weighted by molar-refractivity contribution is 5.83. The van der Waals surface area contributed by atoms with Gasteiger partial charge in [-0.3, -0.25) is 4.90 Å². The van der Waals surface area contributed by atoms with E-state index in [0.29, 0.717) is 13.0 Å². The van der Waals surface area contributed by atoms with Crippen LogP contribution in [-0.2, 0) is 6.42 Å². The quantitative estimate of drug-likeness (QED) is 0.799. The molecule has 0 amide bonds. The lowest BCUT2D eigenvalue weighted by Crippen LogP contribution is -2.35. The lowest BCUT2D eigenvalue weighted by atomic mass is 10.1. The summed E-state index contributed by atoms with van der Waals surface area (Å²) in [5.74, 6) is 0. The number of halogens is 3. The van der Waals surface area contributed by atoms with Crippen LogP contribution in [0, 0.1) is 0 Å². The normalized spacial score (nSPS) is 12.2. The first-order valence-electron chi connectivity index (χ1n) is 6.44. The van der Waals surface area contributed by atoms with Crippen LogP contribution in [0.4, 0.5) is 13.2 Å². The zero-order valence-corrected chi connectivity index (χ0v) is 11.1. The van der Waals surface area contributed by atoms with Crippen LogP contribution >= 0.6 is 0 Å². The third-order valence-electron chi connectivity index (χ3n) is 3.16. The van der Waals surface area contributed by atoms with Crippen molar-refractivity contribution >= 4 is 10.9 Å². The summed E-state index contributed by atoms with van der Waals surface area (Å²) in [6.07, 6.45) is -0.234. The second kappa shape index (κ2) is 6.13. The Labute approximate surface area is 115 Å². The van der Waals surface area contributed by atoms with Gasteiger partial charge in [-0.25, -0.2) is 0 Å². The number of aromatic amines is 1. The summed E-state index contributed by atoms with van der Waals surface area (Å²) in [5.41, 5.74) is 2.05. The minimum Gasteiger partial charge on any atom is -0.361 e. The van der Waals surface area contributed by atoms with Crippen molar-refractivity contribution in [3.8, 4) is 0 Å². The van der Waals surface area contributed by atoms with Gasteiger partial charge in [0.25, 0.3) is 0 Å². The van der Waals surface area contributed by atoms with Crippen LogP contribution in [0.15, 0.2) is 43.1 Å². The number of benzene rings is 1. The molecule has 5 heteroatoms. The highest BCUT2D eigenvalue weighted by Gasteiger charge is 2.30. The average Bonchev–Trinajstić information content (AvgIpc) is 2.78. The molecule has 0 radical (unpaired) electrons. The Morgan fingerprint density at radius 2 is 2.00 bits per heavy atom. The number of alkyl halides is 3. The molecule has 2 nitrogen and oxygen atoms in total. The highest BCUT2D eigenvalue weighted by Crippen LogP contribution is 2.20. The van der Waals surface area contributed by atoms with Gasteiger partial charge in [-0.15, -0.1) is 6.58 Å². The number of H-pyrrole nitrogens is 1. The number of nitrogens with zero attached hydrogens (tertiary/aromatic N) is 1. The number of rotatable bonds is 6. The first kappa shape index (κ1) is 14.7. The summed E-state index contributed by atoms with van der Waals surface area (Å²) in [6, 6.07) is 7.78. The van der Waals surface area contributed by atoms with Gasteiger partial charge in [-0.2, -0.15) is 13.2 Å². The van der Waals surface area contributed by atoms with Gasteiger partial charge in [0.2, 0.25) is 0 Å². The first-order chi connectivity index (χ1) is 9.49. The van der Waals surface area contributed by atoms with Crippen LogP contribution < -0.4 is 0 Å². The molecule has 0 aliphatic carbocycles. The molecule has 1 aromatic heterocycles. The van der Waals surface area contributed by atoms with Crippen LogP contribution in [0.5, 0.6) is 0 Å². The van der Waals surface area contributed by atoms with E-state index in [4.69, 9.17) is 0 Å². The smallest absolute Gasteiger partial charge is 0.361 e. The van der Waals surface area contributed by atoms with E-state index >= 15 is 0 Å². The fourth-order valence-corrected chi connectivity index (χ4v) is 2.29. The van der Waals surface area contributed by atoms with Crippen molar-refractivity contribution in [3.05, 3.63) is 48.7 Å². The van der Waals surface area contributed by atoms with Crippen LogP contribution in [0.25, 0.3) is 10.9 Å². The minimum absolute atomic E-state index is 0.238. The Bertz CT molecular complexity index is 572. The molecule has 0 spiro atoms. The molecular formula is C15H17F3N2. The fraction of sp³-hybridized carbons (Fsp3) is 0.333. The predicted octanol–water partition coefficient (Wildman–Crippen LogP) is 3.76. The second-order valence-corrected chi connectivity index (χ2v) is 4.75. The molecule has 1 N–H and O–H groups in total. The van der Waals surface area contributed by atoms with Crippen molar-refractivity contribution in [2.45, 2.75) is 12.6 Å². The summed E-state index contributed by atoms with van der Waals surface area (Å²) < 4.78 is 37.4. The van der Waals surface area contributed by atoms with E-state index in [1.54, 1.807) is 0 Å². The van der Waals surface area contributed by atoms with Gasteiger partial charge < -0.3 is 4.98 Å². The van der Waals surface area contributed by atoms with Crippen molar-refractivity contribution in [2.75, 3.05) is 19.6 Å². The number of fused-ring (bicyclic) bond motifs is 1. The molecule has 0 unspecified atom stereocenters. The van der Waals surface area contributed by atoms with Crippen LogP contribution in [0.1, 0.15) is 5.56 Å². The molecule has 0 fully saturated rings. The van der Waals surface area contributed by atoms with E-state index in [9.17, 15) is 13.2 Å². The lowest BCUT2D eigenvalue weighted by molar-refractivity contribution is -0.144. The summed E-state index contributed by atoms with van der Waals surface area (Å²) in [6.45, 7) is 3.20. The van der Waals surface area contributed by atoms with Crippen molar-refractivity contribution in [1.29, 1.82) is 0 Å². The summed E-state index contributed by atoms with van der Waals surface area (Å²) in [4.78, 5) is 4.49. The molecule has 0 atom stereocenters. The summed E-state index contributed by atoms with van der Waals surface area (Å²) in [7, 11) is 0. The van der Waals surface area contributed by atoms with Gasteiger partial charge in [-0.1, -0.05) is 24.3 Å². The maximum Gasteiger partial charge on any atom is 0.401 e. The molecule has 108 valence electrons. The van der Waals surface area contributed by atoms with Gasteiger partial charge >= 0.3 is 6.18 Å². The standard InChI is InChI=1S/C15H17F3N2/c1-2-8-20(11-15(16,17)18)9-7-12-10-19-14-6-4-3-5-13(12)14/h2-6,10,19H,1,7-9,11H2. The maximum atomic E-state index is 12.5. The Morgan fingerprint density at radius 1 is 1.25 bits per heavy atom. The van der Waals surface area contributed by atoms with Gasteiger partial charge in [0.1, 0.15) is 0 Å². The Morgan fingerprint density at radius 3 is 2.70 bits per heavy atom. The third kappa shape index (κ3) is 3.87. The van der Waals surface area contributed by atoms with E-state index in [0.717, 1.165) is 16.5 Å². The maximum absolute atomic E-state index is 12.5. The van der Waals surface area contributed by atoms with Crippen LogP contribution in [0.2, 0.25) is 0 Å². The first-order valence-corrected chi connectivity index (χ1v) is 6.44. The van der Waals surface area contributed by atoms with E-state index < -0.39 is 12.7 Å². The van der Waals surface area contributed by atoms with Crippen molar-refractivity contribution in [3.63, 3.8) is 0 Å². The highest BCUT2D eigenvalue weighted by atomic mass is 19.4. The molecule has 20 heavy (non-hydrogen) atoms. The summed E-state index contributed by atoms with van der Waals surface area (Å²) >= 11 is 0. The zero-order valence-electron chi connectivity index (χ0n) is 11.1. The van der Waals surface area contributed by atoms with Gasteiger partial charge in [0, 0.05) is 30.2 Å². The number of hydrogen-bond donors (Lipinski definition) is 1. The lowest BCUT2D eigenvalue weighted by Gasteiger charge is -2.21. The molecule has 0 saturated carbocycles. The predicted molar refractivity (Wildman–Crippen MR) is 74.7 cm³/mol. The number of nitrogens with one attached hydrogen (secondary N) is 1. The second-order valence-electron chi connectivity index (χ2n) is 4.75. The Balaban J connectivity index is 2.03. The molecule has 2 aromatic rings. The molecule has 0 bridgehead atoms. The van der Waals surface area contributed by atoms with Gasteiger partial charge in [-0.05, 0) is 18.1 Å². The average molecular weight is 282 g/mol. The molecule has 0 aliphatic heterocycles. The van der Waals surface area contributed by atoms with E-state index in [2.05, 4.69) is 11.6 Å². The molecule has 0 saturated heterocycles. The molecule has 0 aliphatic rings. The van der Waals surface area contributed by atoms with Gasteiger partial charge in [0.15, 0.2) is 0 Å². The van der Waals surface area contributed by atoms with Gasteiger partial charge in [0.05, 0.1) is 6.54 Å².